The van der Waals surface area contributed by atoms with Gasteiger partial charge in [0, 0.05) is 23.4 Å². The first-order valence-corrected chi connectivity index (χ1v) is 16.8. The van der Waals surface area contributed by atoms with E-state index in [2.05, 4.69) is 41.7 Å². The number of allylic oxidation sites excluding steroid dienone is 1. The van der Waals surface area contributed by atoms with Gasteiger partial charge in [0.05, 0.1) is 50.9 Å². The number of aliphatic hydroxyl groups excluding tert-OH is 1. The standard InChI is InChI=1S/C33H42N3O8P/c1-23-19-28(44-16-15-42-12-11-41-13-14-43-17-18-45(38,39)40)9-8-27(23)7-5-26-20-30-29-10-6-25(4-3-24(2)37)21-31(29)36-33(34)32(30)35-22-26/h6,8-10,19-22,38-40H,2-5,7,11-18H2,1H3,(H2-,34,36,37)/p+1. The molecule has 0 saturated heterocycles. The van der Waals surface area contributed by atoms with Gasteiger partial charge < -0.3 is 29.8 Å². The number of nitrogens with zero attached hydrogens (tertiary/aromatic N) is 2. The van der Waals surface area contributed by atoms with Gasteiger partial charge in [0.25, 0.3) is 0 Å². The fourth-order valence-electron chi connectivity index (χ4n) is 4.84. The Kier molecular flexibility index (Phi) is 12.8. The summed E-state index contributed by atoms with van der Waals surface area (Å²) in [5.74, 6) is 1.36. The summed E-state index contributed by atoms with van der Waals surface area (Å²) in [6.45, 7) is 8.04. The van der Waals surface area contributed by atoms with E-state index in [4.69, 9.17) is 39.4 Å². The minimum atomic E-state index is -3.77. The predicted molar refractivity (Wildman–Crippen MR) is 177 cm³/mol. The lowest BCUT2D eigenvalue weighted by Crippen LogP contribution is -2.13. The van der Waals surface area contributed by atoms with Crippen molar-refractivity contribution < 1.29 is 38.7 Å². The SMILES string of the molecule is C=C(O)CCc1ccc2c(c1)nc(N)c1ncc(CCc3ccc(OCCOCCOCCOCC[P+](O)(O)O)cc3C)cc12. The number of aryl methyl sites for hydroxylation is 4. The van der Waals surface area contributed by atoms with Gasteiger partial charge in [0.2, 0.25) is 0 Å². The van der Waals surface area contributed by atoms with Crippen molar-refractivity contribution >= 4 is 35.6 Å². The van der Waals surface area contributed by atoms with Gasteiger partial charge in [-0.05, 0) is 72.7 Å². The van der Waals surface area contributed by atoms with Crippen LogP contribution in [0.2, 0.25) is 0 Å². The van der Waals surface area contributed by atoms with Crippen LogP contribution >= 0.6 is 7.94 Å². The summed E-state index contributed by atoms with van der Waals surface area (Å²) in [5, 5.41) is 11.4. The Balaban J connectivity index is 1.21. The summed E-state index contributed by atoms with van der Waals surface area (Å²) in [4.78, 5) is 35.9. The molecule has 0 unspecified atom stereocenters. The van der Waals surface area contributed by atoms with Crippen molar-refractivity contribution in [2.45, 2.75) is 32.6 Å². The number of rotatable bonds is 19. The molecule has 4 aromatic rings. The highest BCUT2D eigenvalue weighted by Gasteiger charge is 2.28. The highest BCUT2D eigenvalue weighted by atomic mass is 31.2. The summed E-state index contributed by atoms with van der Waals surface area (Å²) in [7, 11) is -3.77. The Hall–Kier alpha value is -3.41. The first-order chi connectivity index (χ1) is 21.6. The lowest BCUT2D eigenvalue weighted by Gasteiger charge is -2.12. The van der Waals surface area contributed by atoms with Gasteiger partial charge in [-0.3, -0.25) is 4.98 Å². The van der Waals surface area contributed by atoms with Gasteiger partial charge in [0.1, 0.15) is 17.9 Å². The van der Waals surface area contributed by atoms with E-state index in [1.807, 2.05) is 30.5 Å². The van der Waals surface area contributed by atoms with Gasteiger partial charge in [-0.1, -0.05) is 24.8 Å². The molecule has 242 valence electrons. The van der Waals surface area contributed by atoms with Crippen molar-refractivity contribution in [2.24, 2.45) is 0 Å². The molecule has 12 heteroatoms. The van der Waals surface area contributed by atoms with Crippen LogP contribution in [-0.2, 0) is 33.5 Å². The van der Waals surface area contributed by atoms with E-state index in [1.54, 1.807) is 0 Å². The molecule has 2 aromatic heterocycles. The monoisotopic (exact) mass is 640 g/mol. The second kappa shape index (κ2) is 16.8. The second-order valence-electron chi connectivity index (χ2n) is 10.8. The van der Waals surface area contributed by atoms with Gasteiger partial charge in [-0.15, -0.1) is 0 Å². The quantitative estimate of drug-likeness (QED) is 0.0419. The highest BCUT2D eigenvalue weighted by molar-refractivity contribution is 7.58. The minimum Gasteiger partial charge on any atom is -0.513 e. The third-order valence-electron chi connectivity index (χ3n) is 7.26. The molecule has 0 amide bonds. The molecule has 0 saturated carbocycles. The van der Waals surface area contributed by atoms with Gasteiger partial charge in [0.15, 0.2) is 12.0 Å². The molecule has 2 heterocycles. The second-order valence-corrected chi connectivity index (χ2v) is 12.7. The Morgan fingerprint density at radius 3 is 2.22 bits per heavy atom. The Labute approximate surface area is 263 Å². The normalized spacial score (nSPS) is 11.8. The molecule has 0 aliphatic carbocycles. The van der Waals surface area contributed by atoms with Crippen LogP contribution < -0.4 is 10.5 Å². The van der Waals surface area contributed by atoms with Crippen LogP contribution in [0.15, 0.2) is 61.0 Å². The molecule has 4 rings (SSSR count). The average molecular weight is 641 g/mol. The molecule has 0 bridgehead atoms. The van der Waals surface area contributed by atoms with Crippen LogP contribution in [0.3, 0.4) is 0 Å². The minimum absolute atomic E-state index is 0.0646. The largest absolute Gasteiger partial charge is 0.513 e. The molecule has 2 aromatic carbocycles. The zero-order valence-electron chi connectivity index (χ0n) is 25.7. The van der Waals surface area contributed by atoms with Gasteiger partial charge in [-0.25, -0.2) is 4.98 Å². The van der Waals surface area contributed by atoms with E-state index in [0.717, 1.165) is 51.6 Å². The van der Waals surface area contributed by atoms with Gasteiger partial charge in [-0.2, -0.15) is 14.7 Å². The molecule has 45 heavy (non-hydrogen) atoms. The van der Waals surface area contributed by atoms with E-state index < -0.39 is 7.94 Å². The first kappa shape index (κ1) is 34.5. The maximum absolute atomic E-state index is 9.45. The fourth-order valence-corrected chi connectivity index (χ4v) is 5.22. The third kappa shape index (κ3) is 11.2. The number of benzene rings is 2. The molecule has 0 spiro atoms. The first-order valence-electron chi connectivity index (χ1n) is 14.9. The molecule has 0 aliphatic heterocycles. The molecule has 0 aliphatic rings. The fraction of sp³-hybridized carbons (Fsp3) is 0.394. The highest BCUT2D eigenvalue weighted by Crippen LogP contribution is 2.43. The summed E-state index contributed by atoms with van der Waals surface area (Å²) >= 11 is 0. The zero-order chi connectivity index (χ0) is 32.2. The summed E-state index contributed by atoms with van der Waals surface area (Å²) < 4.78 is 21.9. The number of aromatic nitrogens is 2. The molecule has 0 atom stereocenters. The van der Waals surface area contributed by atoms with Crippen LogP contribution in [0, 0.1) is 6.92 Å². The number of aliphatic hydroxyl groups is 1. The molecule has 6 N–H and O–H groups in total. The van der Waals surface area contributed by atoms with Crippen LogP contribution in [0.25, 0.3) is 21.8 Å². The number of ether oxygens (including phenoxy) is 4. The summed E-state index contributed by atoms with van der Waals surface area (Å²) in [6, 6.07) is 14.4. The van der Waals surface area contributed by atoms with Crippen molar-refractivity contribution in [1.29, 1.82) is 0 Å². The van der Waals surface area contributed by atoms with Crippen molar-refractivity contribution in [3.8, 4) is 5.75 Å². The number of anilines is 1. The van der Waals surface area contributed by atoms with Crippen molar-refractivity contribution in [2.75, 3.05) is 58.1 Å². The number of nitrogen functional groups attached to an aromatic ring is 1. The van der Waals surface area contributed by atoms with Crippen LogP contribution in [-0.4, -0.2) is 82.2 Å². The van der Waals surface area contributed by atoms with E-state index in [9.17, 15) is 5.11 Å². The van der Waals surface area contributed by atoms with Crippen LogP contribution in [0.1, 0.15) is 28.7 Å². The molecular weight excluding hydrogens is 597 g/mol. The van der Waals surface area contributed by atoms with E-state index in [-0.39, 0.29) is 18.5 Å². The molecule has 0 fully saturated rings. The maximum Gasteiger partial charge on any atom is 0.406 e. The molecular formula is C33H43N3O8P+. The molecule has 0 radical (unpaired) electrons. The van der Waals surface area contributed by atoms with Crippen molar-refractivity contribution in [1.82, 2.24) is 9.97 Å². The average Bonchev–Trinajstić information content (AvgIpc) is 2.99. The summed E-state index contributed by atoms with van der Waals surface area (Å²) in [6.07, 6.45) is 4.56. The molecule has 11 nitrogen and oxygen atoms in total. The van der Waals surface area contributed by atoms with E-state index in [0.29, 0.717) is 63.8 Å². The Morgan fingerprint density at radius 1 is 0.822 bits per heavy atom. The number of hydrogen-bond acceptors (Lipinski definition) is 11. The van der Waals surface area contributed by atoms with E-state index in [1.165, 1.54) is 5.56 Å². The smallest absolute Gasteiger partial charge is 0.406 e. The zero-order valence-corrected chi connectivity index (χ0v) is 26.5. The lowest BCUT2D eigenvalue weighted by molar-refractivity contribution is 0.0111. The van der Waals surface area contributed by atoms with E-state index >= 15 is 0 Å². The number of hydrogen-bond donors (Lipinski definition) is 5. The summed E-state index contributed by atoms with van der Waals surface area (Å²) in [5.41, 5.74) is 12.3. The number of nitrogens with two attached hydrogens (primary N) is 1. The Morgan fingerprint density at radius 2 is 1.53 bits per heavy atom. The number of pyridine rings is 2. The van der Waals surface area contributed by atoms with Gasteiger partial charge >= 0.3 is 7.94 Å². The van der Waals surface area contributed by atoms with Crippen molar-refractivity contribution in [3.63, 3.8) is 0 Å². The van der Waals surface area contributed by atoms with Crippen molar-refractivity contribution in [3.05, 3.63) is 83.3 Å². The maximum atomic E-state index is 9.45. The third-order valence-corrected chi connectivity index (χ3v) is 8.04. The predicted octanol–water partition coefficient (Wildman–Crippen LogP) is 4.63. The Bertz CT molecular complexity index is 1580. The lowest BCUT2D eigenvalue weighted by atomic mass is 9.99. The van der Waals surface area contributed by atoms with Crippen LogP contribution in [0.4, 0.5) is 5.82 Å². The topological polar surface area (TPSA) is 170 Å². The number of fused-ring (bicyclic) bond motifs is 3. The van der Waals surface area contributed by atoms with Crippen LogP contribution in [0.5, 0.6) is 5.75 Å².